The summed E-state index contributed by atoms with van der Waals surface area (Å²) in [4.78, 5) is 13.2. The zero-order valence-electron chi connectivity index (χ0n) is 18.1. The molecule has 0 aliphatic carbocycles. The Hall–Kier alpha value is -2.79. The topological polar surface area (TPSA) is 60.7 Å². The smallest absolute Gasteiger partial charge is 0.258 e. The molecule has 3 aromatic rings. The van der Waals surface area contributed by atoms with E-state index >= 15 is 0 Å². The van der Waals surface area contributed by atoms with Crippen LogP contribution in [-0.4, -0.2) is 16.3 Å². The highest BCUT2D eigenvalue weighted by Crippen LogP contribution is 2.32. The van der Waals surface area contributed by atoms with Crippen LogP contribution >= 0.6 is 0 Å². The van der Waals surface area contributed by atoms with Crippen molar-refractivity contribution in [3.8, 4) is 11.5 Å². The van der Waals surface area contributed by atoms with Gasteiger partial charge in [0.05, 0.1) is 24.3 Å². The van der Waals surface area contributed by atoms with E-state index in [1.165, 1.54) is 0 Å². The van der Waals surface area contributed by atoms with Crippen LogP contribution < -0.4 is 15.0 Å². The van der Waals surface area contributed by atoms with Gasteiger partial charge in [-0.1, -0.05) is 57.5 Å². The van der Waals surface area contributed by atoms with Crippen LogP contribution in [0.25, 0.3) is 10.8 Å². The van der Waals surface area contributed by atoms with Gasteiger partial charge in [-0.25, -0.2) is 0 Å². The Balaban J connectivity index is 2.06. The van der Waals surface area contributed by atoms with Gasteiger partial charge in [0, 0.05) is 11.9 Å². The Labute approximate surface area is 177 Å². The molecule has 1 N–H and O–H groups in total. The molecule has 0 fully saturated rings. The number of rotatable bonds is 10. The molecule has 0 unspecified atom stereocenters. The van der Waals surface area contributed by atoms with E-state index in [-0.39, 0.29) is 18.1 Å². The molecule has 160 valence electrons. The van der Waals surface area contributed by atoms with Gasteiger partial charge in [0.1, 0.15) is 18.1 Å². The first kappa shape index (κ1) is 21.9. The van der Waals surface area contributed by atoms with Crippen LogP contribution in [0.2, 0.25) is 0 Å². The Morgan fingerprint density at radius 3 is 2.47 bits per heavy atom. The van der Waals surface area contributed by atoms with Crippen molar-refractivity contribution >= 4 is 10.8 Å². The molecule has 0 amide bonds. The van der Waals surface area contributed by atoms with E-state index in [9.17, 15) is 9.90 Å². The SMILES string of the molecule is CCCCOc1c(CO)n(CC(C)C)c(=O)c2ccc(OCc3ccccc3)cc12. The largest absolute Gasteiger partial charge is 0.491 e. The quantitative estimate of drug-likeness (QED) is 0.484. The predicted molar refractivity (Wildman–Crippen MR) is 120 cm³/mol. The lowest BCUT2D eigenvalue weighted by molar-refractivity contribution is 0.246. The normalized spacial score (nSPS) is 11.2. The number of ether oxygens (including phenoxy) is 2. The number of nitrogens with zero attached hydrogens (tertiary/aromatic N) is 1. The van der Waals surface area contributed by atoms with Crippen molar-refractivity contribution in [2.45, 2.75) is 53.4 Å². The second-order valence-corrected chi connectivity index (χ2v) is 7.93. The summed E-state index contributed by atoms with van der Waals surface area (Å²) in [5.41, 5.74) is 1.48. The fourth-order valence-electron chi connectivity index (χ4n) is 3.47. The summed E-state index contributed by atoms with van der Waals surface area (Å²) in [7, 11) is 0. The zero-order valence-corrected chi connectivity index (χ0v) is 18.1. The molecule has 0 saturated heterocycles. The van der Waals surface area contributed by atoms with E-state index < -0.39 is 0 Å². The Kier molecular flexibility index (Phi) is 7.52. The first-order chi connectivity index (χ1) is 14.5. The van der Waals surface area contributed by atoms with Crippen molar-refractivity contribution in [3.63, 3.8) is 0 Å². The molecular weight excluding hydrogens is 378 g/mol. The van der Waals surface area contributed by atoms with Crippen LogP contribution in [-0.2, 0) is 19.8 Å². The molecule has 1 aromatic heterocycles. The maximum atomic E-state index is 13.2. The highest BCUT2D eigenvalue weighted by Gasteiger charge is 2.19. The number of hydrogen-bond acceptors (Lipinski definition) is 4. The highest BCUT2D eigenvalue weighted by atomic mass is 16.5. The average Bonchev–Trinajstić information content (AvgIpc) is 2.75. The van der Waals surface area contributed by atoms with Gasteiger partial charge >= 0.3 is 0 Å². The molecule has 0 atom stereocenters. The molecular formula is C25H31NO4. The van der Waals surface area contributed by atoms with Crippen LogP contribution in [0.3, 0.4) is 0 Å². The lowest BCUT2D eigenvalue weighted by Crippen LogP contribution is -2.27. The van der Waals surface area contributed by atoms with Gasteiger partial charge in [0.15, 0.2) is 0 Å². The Morgan fingerprint density at radius 2 is 1.80 bits per heavy atom. The number of aromatic nitrogens is 1. The minimum Gasteiger partial charge on any atom is -0.491 e. The van der Waals surface area contributed by atoms with Crippen molar-refractivity contribution in [2.24, 2.45) is 5.92 Å². The second-order valence-electron chi connectivity index (χ2n) is 7.93. The Bertz CT molecular complexity index is 1020. The lowest BCUT2D eigenvalue weighted by atomic mass is 10.1. The summed E-state index contributed by atoms with van der Waals surface area (Å²) in [5, 5.41) is 11.4. The highest BCUT2D eigenvalue weighted by molar-refractivity contribution is 5.89. The van der Waals surface area contributed by atoms with Crippen molar-refractivity contribution in [2.75, 3.05) is 6.61 Å². The molecule has 0 bridgehead atoms. The second kappa shape index (κ2) is 10.3. The minimum absolute atomic E-state index is 0.111. The number of aliphatic hydroxyl groups is 1. The van der Waals surface area contributed by atoms with E-state index in [1.807, 2.05) is 42.5 Å². The molecule has 0 aliphatic heterocycles. The summed E-state index contributed by atoms with van der Waals surface area (Å²) in [6, 6.07) is 15.4. The van der Waals surface area contributed by atoms with Gasteiger partial charge in [0.25, 0.3) is 5.56 Å². The van der Waals surface area contributed by atoms with Gasteiger partial charge in [-0.2, -0.15) is 0 Å². The predicted octanol–water partition coefficient (Wildman–Crippen LogP) is 4.91. The first-order valence-corrected chi connectivity index (χ1v) is 10.6. The van der Waals surface area contributed by atoms with Gasteiger partial charge in [-0.3, -0.25) is 4.79 Å². The zero-order chi connectivity index (χ0) is 21.5. The maximum absolute atomic E-state index is 13.2. The van der Waals surface area contributed by atoms with Crippen LogP contribution in [0, 0.1) is 5.92 Å². The number of fused-ring (bicyclic) bond motifs is 1. The van der Waals surface area contributed by atoms with Crippen molar-refractivity contribution in [1.82, 2.24) is 4.57 Å². The fourth-order valence-corrected chi connectivity index (χ4v) is 3.47. The van der Waals surface area contributed by atoms with Crippen molar-refractivity contribution < 1.29 is 14.6 Å². The van der Waals surface area contributed by atoms with Gasteiger partial charge in [-0.05, 0) is 36.1 Å². The minimum atomic E-state index is -0.255. The number of hydrogen-bond donors (Lipinski definition) is 1. The fraction of sp³-hybridized carbons (Fsp3) is 0.400. The molecule has 5 heteroatoms. The maximum Gasteiger partial charge on any atom is 0.258 e. The van der Waals surface area contributed by atoms with Gasteiger partial charge in [-0.15, -0.1) is 0 Å². The van der Waals surface area contributed by atoms with Gasteiger partial charge < -0.3 is 19.1 Å². The molecule has 0 aliphatic rings. The molecule has 0 radical (unpaired) electrons. The molecule has 0 saturated carbocycles. The molecule has 2 aromatic carbocycles. The number of aliphatic hydroxyl groups excluding tert-OH is 1. The van der Waals surface area contributed by atoms with E-state index in [0.717, 1.165) is 18.4 Å². The van der Waals surface area contributed by atoms with E-state index in [4.69, 9.17) is 9.47 Å². The summed E-state index contributed by atoms with van der Waals surface area (Å²) >= 11 is 0. The molecule has 30 heavy (non-hydrogen) atoms. The third-order valence-corrected chi connectivity index (χ3v) is 4.99. The van der Waals surface area contributed by atoms with Crippen LogP contribution in [0.15, 0.2) is 53.3 Å². The summed E-state index contributed by atoms with van der Waals surface area (Å²) in [5.74, 6) is 1.50. The summed E-state index contributed by atoms with van der Waals surface area (Å²) in [6.07, 6.45) is 1.91. The standard InChI is InChI=1S/C25H31NO4/c1-4-5-13-29-24-22-14-20(30-17-19-9-7-6-8-10-19)11-12-21(22)25(28)26(15-18(2)3)23(24)16-27/h6-12,14,18,27H,4-5,13,15-17H2,1-3H3. The summed E-state index contributed by atoms with van der Waals surface area (Å²) in [6.45, 7) is 7.45. The van der Waals surface area contributed by atoms with E-state index in [0.29, 0.717) is 47.7 Å². The van der Waals surface area contributed by atoms with Crippen molar-refractivity contribution in [1.29, 1.82) is 0 Å². The molecule has 0 spiro atoms. The molecule has 1 heterocycles. The van der Waals surface area contributed by atoms with Gasteiger partial charge in [0.2, 0.25) is 0 Å². The third-order valence-electron chi connectivity index (χ3n) is 4.99. The van der Waals surface area contributed by atoms with Crippen LogP contribution in [0.1, 0.15) is 44.9 Å². The number of unbranched alkanes of at least 4 members (excludes halogenated alkanes) is 1. The van der Waals surface area contributed by atoms with Crippen molar-refractivity contribution in [3.05, 3.63) is 70.1 Å². The van der Waals surface area contributed by atoms with E-state index in [1.54, 1.807) is 10.6 Å². The molecule has 3 rings (SSSR count). The van der Waals surface area contributed by atoms with Crippen LogP contribution in [0.4, 0.5) is 0 Å². The Morgan fingerprint density at radius 1 is 1.03 bits per heavy atom. The summed E-state index contributed by atoms with van der Waals surface area (Å²) < 4.78 is 13.7. The first-order valence-electron chi connectivity index (χ1n) is 10.6. The average molecular weight is 410 g/mol. The third kappa shape index (κ3) is 5.03. The number of pyridine rings is 1. The number of benzene rings is 2. The monoisotopic (exact) mass is 409 g/mol. The molecule has 5 nitrogen and oxygen atoms in total. The lowest BCUT2D eigenvalue weighted by Gasteiger charge is -2.20. The van der Waals surface area contributed by atoms with E-state index in [2.05, 4.69) is 20.8 Å². The van der Waals surface area contributed by atoms with Crippen LogP contribution in [0.5, 0.6) is 11.5 Å².